The summed E-state index contributed by atoms with van der Waals surface area (Å²) < 4.78 is 39.7. The van der Waals surface area contributed by atoms with Gasteiger partial charge in [-0.05, 0) is 18.2 Å². The van der Waals surface area contributed by atoms with E-state index in [9.17, 15) is 12.8 Å². The lowest BCUT2D eigenvalue weighted by Crippen LogP contribution is -2.48. The predicted octanol–water partition coefficient (Wildman–Crippen LogP) is 2.45. The van der Waals surface area contributed by atoms with Crippen LogP contribution in [0.1, 0.15) is 0 Å². The molecule has 0 aliphatic carbocycles. The van der Waals surface area contributed by atoms with Gasteiger partial charge < -0.3 is 4.90 Å². The average Bonchev–Trinajstić information content (AvgIpc) is 3.01. The second-order valence-corrected chi connectivity index (χ2v) is 7.97. The van der Waals surface area contributed by atoms with E-state index in [2.05, 4.69) is 4.98 Å². The van der Waals surface area contributed by atoms with Crippen LogP contribution in [-0.2, 0) is 10.0 Å². The Labute approximate surface area is 137 Å². The summed E-state index contributed by atoms with van der Waals surface area (Å²) in [5.41, 5.74) is 0. The first-order chi connectivity index (χ1) is 10.5. The van der Waals surface area contributed by atoms with Crippen LogP contribution in [0.3, 0.4) is 0 Å². The van der Waals surface area contributed by atoms with Crippen molar-refractivity contribution >= 4 is 38.1 Å². The lowest BCUT2D eigenvalue weighted by molar-refractivity contribution is 0.384. The fourth-order valence-electron chi connectivity index (χ4n) is 2.32. The van der Waals surface area contributed by atoms with Crippen molar-refractivity contribution in [2.75, 3.05) is 31.1 Å². The van der Waals surface area contributed by atoms with E-state index in [0.717, 1.165) is 17.3 Å². The van der Waals surface area contributed by atoms with Gasteiger partial charge in [-0.15, -0.1) is 11.3 Å². The van der Waals surface area contributed by atoms with E-state index < -0.39 is 15.8 Å². The molecule has 1 saturated heterocycles. The van der Waals surface area contributed by atoms with Crippen molar-refractivity contribution in [1.82, 2.24) is 9.29 Å². The molecule has 1 aliphatic rings. The SMILES string of the molecule is O=S(=O)(c1ccc(F)cc1Cl)N1CCN(c2nccs2)CC1. The first-order valence-corrected chi connectivity index (χ1v) is 9.28. The van der Waals surface area contributed by atoms with Crippen molar-refractivity contribution in [1.29, 1.82) is 0 Å². The summed E-state index contributed by atoms with van der Waals surface area (Å²) in [5, 5.41) is 2.68. The van der Waals surface area contributed by atoms with Crippen LogP contribution in [0.25, 0.3) is 0 Å². The zero-order valence-corrected chi connectivity index (χ0v) is 13.8. The van der Waals surface area contributed by atoms with Gasteiger partial charge in [-0.25, -0.2) is 17.8 Å². The number of anilines is 1. The number of benzene rings is 1. The molecule has 118 valence electrons. The van der Waals surface area contributed by atoms with Crippen LogP contribution in [0, 0.1) is 5.82 Å². The van der Waals surface area contributed by atoms with Crippen molar-refractivity contribution in [3.05, 3.63) is 40.6 Å². The van der Waals surface area contributed by atoms with Gasteiger partial charge in [0.2, 0.25) is 10.0 Å². The second-order valence-electron chi connectivity index (χ2n) is 4.78. The fraction of sp³-hybridized carbons (Fsp3) is 0.308. The highest BCUT2D eigenvalue weighted by atomic mass is 35.5. The quantitative estimate of drug-likeness (QED) is 0.842. The number of piperazine rings is 1. The van der Waals surface area contributed by atoms with Crippen LogP contribution in [-0.4, -0.2) is 43.9 Å². The second kappa shape index (κ2) is 6.11. The first kappa shape index (κ1) is 15.7. The van der Waals surface area contributed by atoms with E-state index in [1.54, 1.807) is 6.20 Å². The van der Waals surface area contributed by atoms with Crippen LogP contribution >= 0.6 is 22.9 Å². The van der Waals surface area contributed by atoms with Gasteiger partial charge in [-0.3, -0.25) is 0 Å². The van der Waals surface area contributed by atoms with Crippen molar-refractivity contribution in [3.8, 4) is 0 Å². The molecule has 2 heterocycles. The molecule has 1 aromatic heterocycles. The lowest BCUT2D eigenvalue weighted by Gasteiger charge is -2.33. The Balaban J connectivity index is 1.77. The normalized spacial score (nSPS) is 16.9. The highest BCUT2D eigenvalue weighted by molar-refractivity contribution is 7.89. The molecule has 0 N–H and O–H groups in total. The number of sulfonamides is 1. The average molecular weight is 362 g/mol. The zero-order valence-electron chi connectivity index (χ0n) is 11.4. The van der Waals surface area contributed by atoms with E-state index in [1.807, 2.05) is 10.3 Å². The number of aromatic nitrogens is 1. The van der Waals surface area contributed by atoms with Crippen molar-refractivity contribution < 1.29 is 12.8 Å². The molecule has 0 unspecified atom stereocenters. The topological polar surface area (TPSA) is 53.5 Å². The molecule has 0 spiro atoms. The van der Waals surface area contributed by atoms with E-state index in [1.165, 1.54) is 21.7 Å². The molecule has 1 aromatic carbocycles. The number of rotatable bonds is 3. The maximum absolute atomic E-state index is 13.1. The highest BCUT2D eigenvalue weighted by Crippen LogP contribution is 2.27. The maximum atomic E-state index is 13.1. The van der Waals surface area contributed by atoms with Crippen LogP contribution in [0.5, 0.6) is 0 Å². The third-order valence-electron chi connectivity index (χ3n) is 3.44. The summed E-state index contributed by atoms with van der Waals surface area (Å²) in [6.45, 7) is 1.81. The van der Waals surface area contributed by atoms with Crippen molar-refractivity contribution in [2.45, 2.75) is 4.90 Å². The molecule has 9 heteroatoms. The van der Waals surface area contributed by atoms with Gasteiger partial charge in [-0.2, -0.15) is 4.31 Å². The van der Waals surface area contributed by atoms with Crippen LogP contribution in [0.2, 0.25) is 5.02 Å². The first-order valence-electron chi connectivity index (χ1n) is 6.58. The summed E-state index contributed by atoms with van der Waals surface area (Å²) in [6, 6.07) is 3.32. The molecule has 0 amide bonds. The standard InChI is InChI=1S/C13H13ClFN3O2S2/c14-11-9-10(15)1-2-12(11)22(19,20)18-6-4-17(5-7-18)13-16-3-8-21-13/h1-3,8-9H,4-7H2. The Morgan fingerprint density at radius 2 is 1.95 bits per heavy atom. The molecule has 1 aliphatic heterocycles. The molecule has 1 fully saturated rings. The molecule has 5 nitrogen and oxygen atoms in total. The van der Waals surface area contributed by atoms with Crippen molar-refractivity contribution in [2.24, 2.45) is 0 Å². The lowest BCUT2D eigenvalue weighted by atomic mass is 10.3. The van der Waals surface area contributed by atoms with Gasteiger partial charge in [0.15, 0.2) is 5.13 Å². The minimum absolute atomic E-state index is 0.0572. The van der Waals surface area contributed by atoms with Gasteiger partial charge in [-0.1, -0.05) is 11.6 Å². The van der Waals surface area contributed by atoms with Gasteiger partial charge in [0.05, 0.1) is 5.02 Å². The molecule has 2 aromatic rings. The monoisotopic (exact) mass is 361 g/mol. The molecular weight excluding hydrogens is 349 g/mol. The molecule has 3 rings (SSSR count). The number of hydrogen-bond donors (Lipinski definition) is 0. The Hall–Kier alpha value is -1.22. The van der Waals surface area contributed by atoms with Gasteiger partial charge in [0.1, 0.15) is 10.7 Å². The molecule has 22 heavy (non-hydrogen) atoms. The van der Waals surface area contributed by atoms with Crippen LogP contribution in [0.4, 0.5) is 9.52 Å². The number of thiazole rings is 1. The van der Waals surface area contributed by atoms with Gasteiger partial charge in [0.25, 0.3) is 0 Å². The summed E-state index contributed by atoms with van der Waals surface area (Å²) in [4.78, 5) is 6.21. The highest BCUT2D eigenvalue weighted by Gasteiger charge is 2.30. The molecule has 0 radical (unpaired) electrons. The Morgan fingerprint density at radius 3 is 2.55 bits per heavy atom. The minimum atomic E-state index is -3.71. The Morgan fingerprint density at radius 1 is 1.23 bits per heavy atom. The van der Waals surface area contributed by atoms with Gasteiger partial charge in [0, 0.05) is 37.8 Å². The number of halogens is 2. The molecule has 0 bridgehead atoms. The molecule has 0 saturated carbocycles. The third-order valence-corrected chi connectivity index (χ3v) is 6.65. The summed E-state index contributed by atoms with van der Waals surface area (Å²) in [5.74, 6) is -0.558. The fourth-order valence-corrected chi connectivity index (χ4v) is 4.94. The minimum Gasteiger partial charge on any atom is -0.345 e. The van der Waals surface area contributed by atoms with Crippen LogP contribution < -0.4 is 4.90 Å². The smallest absolute Gasteiger partial charge is 0.244 e. The maximum Gasteiger partial charge on any atom is 0.244 e. The Kier molecular flexibility index (Phi) is 4.35. The van der Waals surface area contributed by atoms with E-state index in [-0.39, 0.29) is 9.92 Å². The largest absolute Gasteiger partial charge is 0.345 e. The van der Waals surface area contributed by atoms with E-state index in [4.69, 9.17) is 11.6 Å². The van der Waals surface area contributed by atoms with Gasteiger partial charge >= 0.3 is 0 Å². The summed E-state index contributed by atoms with van der Waals surface area (Å²) >= 11 is 7.40. The predicted molar refractivity (Wildman–Crippen MR) is 84.5 cm³/mol. The van der Waals surface area contributed by atoms with Crippen LogP contribution in [0.15, 0.2) is 34.7 Å². The summed E-state index contributed by atoms with van der Waals surface area (Å²) in [6.07, 6.45) is 1.72. The number of nitrogens with zero attached hydrogens (tertiary/aromatic N) is 3. The van der Waals surface area contributed by atoms with Crippen molar-refractivity contribution in [3.63, 3.8) is 0 Å². The molecular formula is C13H13ClFN3O2S2. The zero-order chi connectivity index (χ0) is 15.7. The Bertz CT molecular complexity index is 760. The number of hydrogen-bond acceptors (Lipinski definition) is 5. The summed E-state index contributed by atoms with van der Waals surface area (Å²) in [7, 11) is -3.71. The van der Waals surface area contributed by atoms with E-state index >= 15 is 0 Å². The van der Waals surface area contributed by atoms with E-state index in [0.29, 0.717) is 26.2 Å². The molecule has 0 atom stereocenters. The third kappa shape index (κ3) is 2.96.